The maximum atomic E-state index is 12.0. The molecule has 3 nitrogen and oxygen atoms in total. The van der Waals surface area contributed by atoms with Gasteiger partial charge in [-0.1, -0.05) is 47.1 Å². The highest BCUT2D eigenvalue weighted by Crippen LogP contribution is 2.39. The summed E-state index contributed by atoms with van der Waals surface area (Å²) in [5, 5.41) is 7.11. The van der Waals surface area contributed by atoms with E-state index in [1.165, 1.54) is 11.8 Å². The van der Waals surface area contributed by atoms with Crippen LogP contribution in [0.4, 0.5) is 11.4 Å². The standard InChI is InChI=1S/C15H10Cl2N2OS/c16-9-5-6-12-13(7-9)21-14(15(20)19-12)8-18-11-4-2-1-3-10(11)17/h1-8,18H,(H,19,20)/b14-8-. The summed E-state index contributed by atoms with van der Waals surface area (Å²) in [6.45, 7) is 0. The fourth-order valence-corrected chi connectivity index (χ4v) is 3.19. The van der Waals surface area contributed by atoms with Crippen LogP contribution in [-0.2, 0) is 4.79 Å². The van der Waals surface area contributed by atoms with Crippen LogP contribution >= 0.6 is 35.0 Å². The van der Waals surface area contributed by atoms with Gasteiger partial charge in [0.15, 0.2) is 0 Å². The van der Waals surface area contributed by atoms with E-state index in [0.29, 0.717) is 15.0 Å². The lowest BCUT2D eigenvalue weighted by Crippen LogP contribution is -2.18. The summed E-state index contributed by atoms with van der Waals surface area (Å²) in [6, 6.07) is 12.7. The molecule has 0 atom stereocenters. The first-order chi connectivity index (χ1) is 10.1. The van der Waals surface area contributed by atoms with E-state index in [4.69, 9.17) is 23.2 Å². The van der Waals surface area contributed by atoms with Gasteiger partial charge in [0.05, 0.1) is 21.3 Å². The second-order valence-corrected chi connectivity index (χ2v) is 6.26. The van der Waals surface area contributed by atoms with Crippen LogP contribution < -0.4 is 10.6 Å². The van der Waals surface area contributed by atoms with Crippen LogP contribution in [-0.4, -0.2) is 5.91 Å². The minimum Gasteiger partial charge on any atom is -0.359 e. The Morgan fingerprint density at radius 2 is 1.95 bits per heavy atom. The normalized spacial score (nSPS) is 15.5. The number of thioether (sulfide) groups is 1. The van der Waals surface area contributed by atoms with Crippen molar-refractivity contribution >= 4 is 52.2 Å². The molecule has 106 valence electrons. The van der Waals surface area contributed by atoms with Crippen molar-refractivity contribution in [3.63, 3.8) is 0 Å². The van der Waals surface area contributed by atoms with Crippen molar-refractivity contribution < 1.29 is 4.79 Å². The highest BCUT2D eigenvalue weighted by atomic mass is 35.5. The number of carbonyl (C=O) groups excluding carboxylic acids is 1. The zero-order chi connectivity index (χ0) is 14.8. The minimum atomic E-state index is -0.158. The largest absolute Gasteiger partial charge is 0.359 e. The average molecular weight is 337 g/mol. The third kappa shape index (κ3) is 3.18. The molecule has 2 aromatic carbocycles. The van der Waals surface area contributed by atoms with Gasteiger partial charge < -0.3 is 10.6 Å². The van der Waals surface area contributed by atoms with Crippen molar-refractivity contribution in [2.45, 2.75) is 4.90 Å². The molecule has 3 rings (SSSR count). The third-order valence-corrected chi connectivity index (χ3v) is 4.51. The SMILES string of the molecule is O=C1Nc2ccc(Cl)cc2S/C1=C\Nc1ccccc1Cl. The van der Waals surface area contributed by atoms with E-state index in [9.17, 15) is 4.79 Å². The lowest BCUT2D eigenvalue weighted by atomic mass is 10.3. The molecule has 1 aliphatic rings. The quantitative estimate of drug-likeness (QED) is 0.759. The second kappa shape index (κ2) is 6.02. The minimum absolute atomic E-state index is 0.158. The van der Waals surface area contributed by atoms with Gasteiger partial charge in [-0.05, 0) is 30.3 Å². The molecule has 2 aromatic rings. The van der Waals surface area contributed by atoms with Gasteiger partial charge in [0.2, 0.25) is 0 Å². The number of carbonyl (C=O) groups is 1. The van der Waals surface area contributed by atoms with E-state index in [1.54, 1.807) is 24.4 Å². The van der Waals surface area contributed by atoms with E-state index in [2.05, 4.69) is 10.6 Å². The predicted octanol–water partition coefficient (Wildman–Crippen LogP) is 4.99. The summed E-state index contributed by atoms with van der Waals surface area (Å²) in [4.78, 5) is 13.5. The van der Waals surface area contributed by atoms with Crippen LogP contribution in [0.5, 0.6) is 0 Å². The summed E-state index contributed by atoms with van der Waals surface area (Å²) >= 11 is 13.4. The van der Waals surface area contributed by atoms with Gasteiger partial charge in [-0.15, -0.1) is 0 Å². The number of nitrogens with one attached hydrogen (secondary N) is 2. The van der Waals surface area contributed by atoms with Crippen LogP contribution in [0.25, 0.3) is 0 Å². The molecule has 0 radical (unpaired) electrons. The number of benzene rings is 2. The van der Waals surface area contributed by atoms with Crippen molar-refractivity contribution in [1.82, 2.24) is 0 Å². The number of rotatable bonds is 2. The van der Waals surface area contributed by atoms with Gasteiger partial charge in [-0.3, -0.25) is 4.79 Å². The molecule has 0 spiro atoms. The van der Waals surface area contributed by atoms with E-state index >= 15 is 0 Å². The zero-order valence-corrected chi connectivity index (χ0v) is 13.0. The van der Waals surface area contributed by atoms with Gasteiger partial charge >= 0.3 is 0 Å². The zero-order valence-electron chi connectivity index (χ0n) is 10.7. The number of anilines is 2. The van der Waals surface area contributed by atoms with Crippen LogP contribution in [0.2, 0.25) is 10.0 Å². The van der Waals surface area contributed by atoms with Gasteiger partial charge in [-0.25, -0.2) is 0 Å². The molecular weight excluding hydrogens is 327 g/mol. The van der Waals surface area contributed by atoms with E-state index in [0.717, 1.165) is 16.3 Å². The number of fused-ring (bicyclic) bond motifs is 1. The maximum absolute atomic E-state index is 12.0. The molecule has 1 amide bonds. The first-order valence-electron chi connectivity index (χ1n) is 6.13. The lowest BCUT2D eigenvalue weighted by molar-refractivity contribution is -0.112. The van der Waals surface area contributed by atoms with Gasteiger partial charge in [0.1, 0.15) is 0 Å². The van der Waals surface area contributed by atoms with Crippen LogP contribution in [0.3, 0.4) is 0 Å². The van der Waals surface area contributed by atoms with E-state index in [1.807, 2.05) is 24.3 Å². The van der Waals surface area contributed by atoms with Crippen molar-refractivity contribution in [2.75, 3.05) is 10.6 Å². The number of amides is 1. The summed E-state index contributed by atoms with van der Waals surface area (Å²) in [6.07, 6.45) is 1.64. The molecule has 6 heteroatoms. The maximum Gasteiger partial charge on any atom is 0.263 e. The Balaban J connectivity index is 1.85. The Morgan fingerprint density at radius 3 is 2.76 bits per heavy atom. The van der Waals surface area contributed by atoms with Crippen LogP contribution in [0.15, 0.2) is 58.5 Å². The van der Waals surface area contributed by atoms with Gasteiger partial charge in [-0.2, -0.15) is 0 Å². The van der Waals surface area contributed by atoms with Crippen LogP contribution in [0.1, 0.15) is 0 Å². The Kier molecular flexibility index (Phi) is 4.10. The summed E-state index contributed by atoms with van der Waals surface area (Å²) in [5.41, 5.74) is 1.52. The Morgan fingerprint density at radius 1 is 1.14 bits per heavy atom. The summed E-state index contributed by atoms with van der Waals surface area (Å²) in [7, 11) is 0. The monoisotopic (exact) mass is 336 g/mol. The third-order valence-electron chi connectivity index (χ3n) is 2.87. The highest BCUT2D eigenvalue weighted by molar-refractivity contribution is 8.04. The number of para-hydroxylation sites is 1. The predicted molar refractivity (Wildman–Crippen MR) is 89.1 cm³/mol. The van der Waals surface area contributed by atoms with Crippen molar-refractivity contribution in [3.05, 3.63) is 63.6 Å². The second-order valence-electron chi connectivity index (χ2n) is 4.33. The van der Waals surface area contributed by atoms with Gasteiger partial charge in [0, 0.05) is 16.1 Å². The first kappa shape index (κ1) is 14.3. The van der Waals surface area contributed by atoms with Crippen LogP contribution in [0, 0.1) is 0 Å². The number of hydrogen-bond acceptors (Lipinski definition) is 3. The molecule has 0 saturated heterocycles. The summed E-state index contributed by atoms with van der Waals surface area (Å²) in [5.74, 6) is -0.158. The molecule has 0 bridgehead atoms. The smallest absolute Gasteiger partial charge is 0.263 e. The van der Waals surface area contributed by atoms with Crippen molar-refractivity contribution in [1.29, 1.82) is 0 Å². The molecule has 1 aliphatic heterocycles. The molecule has 0 fully saturated rings. The molecular formula is C15H10Cl2N2OS. The topological polar surface area (TPSA) is 41.1 Å². The van der Waals surface area contributed by atoms with E-state index < -0.39 is 0 Å². The molecule has 0 aromatic heterocycles. The summed E-state index contributed by atoms with van der Waals surface area (Å²) < 4.78 is 0. The average Bonchev–Trinajstić information content (AvgIpc) is 2.47. The molecule has 0 unspecified atom stereocenters. The Hall–Kier alpha value is -1.62. The molecule has 2 N–H and O–H groups in total. The Labute approximate surface area is 136 Å². The highest BCUT2D eigenvalue weighted by Gasteiger charge is 2.21. The molecule has 0 saturated carbocycles. The Bertz CT molecular complexity index is 746. The fraction of sp³-hybridized carbons (Fsp3) is 0. The van der Waals surface area contributed by atoms with Gasteiger partial charge in [0.25, 0.3) is 5.91 Å². The molecule has 0 aliphatic carbocycles. The number of hydrogen-bond donors (Lipinski definition) is 2. The first-order valence-corrected chi connectivity index (χ1v) is 7.71. The van der Waals surface area contributed by atoms with Crippen molar-refractivity contribution in [3.8, 4) is 0 Å². The number of halogens is 2. The fourth-order valence-electron chi connectivity index (χ4n) is 1.85. The molecule has 21 heavy (non-hydrogen) atoms. The van der Waals surface area contributed by atoms with Crippen molar-refractivity contribution in [2.24, 2.45) is 0 Å². The molecule has 1 heterocycles. The van der Waals surface area contributed by atoms with E-state index in [-0.39, 0.29) is 5.91 Å². The lowest BCUT2D eigenvalue weighted by Gasteiger charge is -2.18.